The molecule has 21 heavy (non-hydrogen) atoms. The molecule has 0 aromatic carbocycles. The van der Waals surface area contributed by atoms with E-state index in [9.17, 15) is 39.5 Å². The van der Waals surface area contributed by atoms with Gasteiger partial charge < -0.3 is 0 Å². The van der Waals surface area contributed by atoms with E-state index in [0.717, 1.165) is 0 Å². The highest BCUT2D eigenvalue weighted by atomic mass is 19.4. The summed E-state index contributed by atoms with van der Waals surface area (Å²) >= 11 is 0. The maximum Gasteiger partial charge on any atom is 0.382 e. The van der Waals surface area contributed by atoms with Crippen LogP contribution in [0.1, 0.15) is 0 Å². The Kier molecular flexibility index (Phi) is 3.00. The summed E-state index contributed by atoms with van der Waals surface area (Å²) in [5.74, 6) is -27.3. The second-order valence-corrected chi connectivity index (χ2v) is 4.04. The van der Waals surface area contributed by atoms with Crippen molar-refractivity contribution in [2.24, 2.45) is 5.41 Å². The van der Waals surface area contributed by atoms with Gasteiger partial charge in [-0.15, -0.1) is 0 Å². The minimum absolute atomic E-state index is 0.154. The van der Waals surface area contributed by atoms with Crippen LogP contribution in [0.2, 0.25) is 0 Å². The minimum atomic E-state index is -7.02. The quantitative estimate of drug-likeness (QED) is 0.644. The van der Waals surface area contributed by atoms with E-state index >= 15 is 0 Å². The third-order valence-corrected chi connectivity index (χ3v) is 3.09. The van der Waals surface area contributed by atoms with Crippen LogP contribution in [0.4, 0.5) is 39.5 Å². The first-order valence-corrected chi connectivity index (χ1v) is 4.62. The Hall–Kier alpha value is -2.16. The van der Waals surface area contributed by atoms with Gasteiger partial charge >= 0.3 is 29.4 Å². The number of hydrogen-bond acceptors (Lipinski definition) is 3. The third-order valence-electron chi connectivity index (χ3n) is 3.09. The lowest BCUT2D eigenvalue weighted by Gasteiger charge is -2.51. The predicted molar refractivity (Wildman–Crippen MR) is 42.9 cm³/mol. The Morgan fingerprint density at radius 3 is 1.10 bits per heavy atom. The topological polar surface area (TPSA) is 71.4 Å². The molecule has 0 bridgehead atoms. The molecule has 3 nitrogen and oxygen atoms in total. The summed E-state index contributed by atoms with van der Waals surface area (Å²) in [5.41, 5.74) is -11.2. The van der Waals surface area contributed by atoms with Crippen LogP contribution in [0.15, 0.2) is 0 Å². The van der Waals surface area contributed by atoms with E-state index in [-0.39, 0.29) is 18.2 Å². The molecule has 0 N–H and O–H groups in total. The van der Waals surface area contributed by atoms with Crippen molar-refractivity contribution < 1.29 is 39.5 Å². The monoisotopic (exact) mass is 321 g/mol. The molecule has 0 spiro atoms. The van der Waals surface area contributed by atoms with E-state index in [4.69, 9.17) is 15.8 Å². The van der Waals surface area contributed by atoms with Gasteiger partial charge in [0.25, 0.3) is 5.41 Å². The maximum absolute atomic E-state index is 13.9. The largest absolute Gasteiger partial charge is 0.382 e. The molecule has 0 saturated heterocycles. The highest BCUT2D eigenvalue weighted by molar-refractivity contribution is 5.44. The van der Waals surface area contributed by atoms with Crippen molar-refractivity contribution in [3.05, 3.63) is 0 Å². The summed E-state index contributed by atoms with van der Waals surface area (Å²) in [7, 11) is 0. The number of nitrogens with zero attached hydrogens (tertiary/aromatic N) is 3. The van der Waals surface area contributed by atoms with Crippen molar-refractivity contribution in [3.8, 4) is 18.2 Å². The van der Waals surface area contributed by atoms with Gasteiger partial charge in [-0.3, -0.25) is 0 Å². The van der Waals surface area contributed by atoms with Crippen molar-refractivity contribution in [2.45, 2.75) is 29.4 Å². The number of alkyl halides is 9. The smallest absolute Gasteiger partial charge is 0.217 e. The molecule has 1 aliphatic rings. The number of rotatable bonds is 0. The maximum atomic E-state index is 13.9. The van der Waals surface area contributed by atoms with Crippen molar-refractivity contribution >= 4 is 0 Å². The van der Waals surface area contributed by atoms with Crippen LogP contribution in [-0.2, 0) is 0 Å². The fraction of sp³-hybridized carbons (Fsp3) is 0.667. The predicted octanol–water partition coefficient (Wildman–Crippen LogP) is 2.81. The summed E-state index contributed by atoms with van der Waals surface area (Å²) in [6, 6.07) is -0.651. The molecule has 1 atom stereocenters. The van der Waals surface area contributed by atoms with E-state index in [2.05, 4.69) is 0 Å². The molecule has 0 aliphatic heterocycles. The Balaban J connectivity index is 4.07. The summed E-state index contributed by atoms with van der Waals surface area (Å²) < 4.78 is 119. The summed E-state index contributed by atoms with van der Waals surface area (Å²) in [5, 5.41) is 24.8. The van der Waals surface area contributed by atoms with Crippen LogP contribution in [0, 0.1) is 39.4 Å². The van der Waals surface area contributed by atoms with E-state index in [0.29, 0.717) is 0 Å². The van der Waals surface area contributed by atoms with Crippen LogP contribution in [-0.4, -0.2) is 29.4 Å². The number of halogens is 9. The van der Waals surface area contributed by atoms with Gasteiger partial charge in [-0.2, -0.15) is 50.9 Å². The Morgan fingerprint density at radius 2 is 0.810 bits per heavy atom. The number of hydrogen-bond donors (Lipinski definition) is 0. The van der Waals surface area contributed by atoms with E-state index in [1.807, 2.05) is 0 Å². The lowest BCUT2D eigenvalue weighted by atomic mass is 9.59. The van der Waals surface area contributed by atoms with Crippen molar-refractivity contribution in [1.29, 1.82) is 15.8 Å². The molecule has 1 unspecified atom stereocenters. The fourth-order valence-electron chi connectivity index (χ4n) is 1.77. The van der Waals surface area contributed by atoms with Crippen LogP contribution < -0.4 is 0 Å². The molecular weight excluding hydrogens is 321 g/mol. The molecule has 1 rings (SSSR count). The molecule has 0 amide bonds. The second-order valence-electron chi connectivity index (χ2n) is 4.04. The highest BCUT2D eigenvalue weighted by Crippen LogP contribution is 2.70. The van der Waals surface area contributed by atoms with Crippen LogP contribution in [0.5, 0.6) is 0 Å². The molecule has 0 radical (unpaired) electrons. The summed E-state index contributed by atoms with van der Waals surface area (Å²) in [6.45, 7) is 0. The van der Waals surface area contributed by atoms with Gasteiger partial charge in [-0.25, -0.2) is 4.39 Å². The highest BCUT2D eigenvalue weighted by Gasteiger charge is 3.00. The van der Waals surface area contributed by atoms with Crippen molar-refractivity contribution in [3.63, 3.8) is 0 Å². The minimum Gasteiger partial charge on any atom is -0.217 e. The van der Waals surface area contributed by atoms with Gasteiger partial charge in [-0.05, 0) is 0 Å². The normalized spacial score (nSPS) is 34.0. The average Bonchev–Trinajstić information content (AvgIpc) is 2.37. The lowest BCUT2D eigenvalue weighted by Crippen LogP contribution is -2.82. The van der Waals surface area contributed by atoms with E-state index in [1.54, 1.807) is 0 Å². The van der Waals surface area contributed by atoms with Crippen LogP contribution >= 0.6 is 0 Å². The molecule has 1 fully saturated rings. The van der Waals surface area contributed by atoms with Gasteiger partial charge in [0.2, 0.25) is 0 Å². The van der Waals surface area contributed by atoms with Gasteiger partial charge in [0, 0.05) is 0 Å². The molecule has 114 valence electrons. The molecule has 1 saturated carbocycles. The van der Waals surface area contributed by atoms with E-state index < -0.39 is 34.8 Å². The van der Waals surface area contributed by atoms with Gasteiger partial charge in [0.15, 0.2) is 0 Å². The van der Waals surface area contributed by atoms with Gasteiger partial charge in [-0.1, -0.05) is 0 Å². The molecule has 0 aromatic rings. The van der Waals surface area contributed by atoms with Crippen molar-refractivity contribution in [1.82, 2.24) is 0 Å². The van der Waals surface area contributed by atoms with E-state index in [1.165, 1.54) is 0 Å². The number of nitriles is 3. The Labute approximate surface area is 109 Å². The molecule has 0 aromatic heterocycles. The fourth-order valence-corrected chi connectivity index (χ4v) is 1.77. The van der Waals surface area contributed by atoms with Crippen molar-refractivity contribution in [2.75, 3.05) is 0 Å². The molecular formula is C9F9N3. The SMILES string of the molecule is N#CC1(F)C(F)(F)C(F)(F)C(F)(F)C(F)(F)C1(C#N)C#N. The average molecular weight is 321 g/mol. The molecule has 0 heterocycles. The summed E-state index contributed by atoms with van der Waals surface area (Å²) in [6.07, 6.45) is 0. The first-order valence-electron chi connectivity index (χ1n) is 4.62. The van der Waals surface area contributed by atoms with Gasteiger partial charge in [0.05, 0.1) is 12.1 Å². The second kappa shape index (κ2) is 3.73. The van der Waals surface area contributed by atoms with Crippen LogP contribution in [0.25, 0.3) is 0 Å². The third kappa shape index (κ3) is 1.21. The molecule has 1 aliphatic carbocycles. The Morgan fingerprint density at radius 1 is 0.476 bits per heavy atom. The standard InChI is InChI=1S/C9F9N3/c10-5(3-21)4(1-19,2-20)6(11,12)8(15,16)9(17,18)7(5,13)14. The van der Waals surface area contributed by atoms with Gasteiger partial charge in [0.1, 0.15) is 6.07 Å². The lowest BCUT2D eigenvalue weighted by molar-refractivity contribution is -0.440. The molecule has 12 heteroatoms. The zero-order valence-corrected chi connectivity index (χ0v) is 9.24. The van der Waals surface area contributed by atoms with Crippen LogP contribution in [0.3, 0.4) is 0 Å². The first-order chi connectivity index (χ1) is 9.18. The first kappa shape index (κ1) is 16.9. The zero-order valence-electron chi connectivity index (χ0n) is 9.24. The Bertz CT molecular complexity index is 591. The summed E-state index contributed by atoms with van der Waals surface area (Å²) in [4.78, 5) is 0. The zero-order chi connectivity index (χ0) is 17.1.